The second-order valence-electron chi connectivity index (χ2n) is 3.25. The Kier molecular flexibility index (Phi) is 6.54. The smallest absolute Gasteiger partial charge is 0.321 e. The van der Waals surface area contributed by atoms with Gasteiger partial charge >= 0.3 is 5.97 Å². The van der Waals surface area contributed by atoms with Crippen LogP contribution in [-0.2, 0) is 4.79 Å². The molecule has 0 rings (SSSR count). The van der Waals surface area contributed by atoms with Crippen molar-refractivity contribution in [3.05, 3.63) is 0 Å². The average Bonchev–Trinajstić information content (AvgIpc) is 2.11. The van der Waals surface area contributed by atoms with E-state index in [9.17, 15) is 4.79 Å². The first-order chi connectivity index (χ1) is 6.11. The Morgan fingerprint density at radius 3 is 2.54 bits per heavy atom. The molecule has 0 fully saturated rings. The molecule has 0 aliphatic rings. The first kappa shape index (κ1) is 12.4. The number of rotatable bonds is 7. The van der Waals surface area contributed by atoms with Crippen molar-refractivity contribution in [3.8, 4) is 0 Å². The molecule has 0 bridgehead atoms. The van der Waals surface area contributed by atoms with Crippen LogP contribution in [0.25, 0.3) is 0 Å². The van der Waals surface area contributed by atoms with Crippen LogP contribution < -0.4 is 11.1 Å². The third kappa shape index (κ3) is 5.60. The second kappa shape index (κ2) is 6.86. The van der Waals surface area contributed by atoms with Crippen LogP contribution in [0.1, 0.15) is 33.1 Å². The van der Waals surface area contributed by atoms with Gasteiger partial charge in [0.2, 0.25) is 0 Å². The van der Waals surface area contributed by atoms with Gasteiger partial charge in [0.05, 0.1) is 0 Å². The zero-order valence-electron chi connectivity index (χ0n) is 8.42. The SMILES string of the molecule is CCCC(CC)NCC(N)C(=O)O. The summed E-state index contributed by atoms with van der Waals surface area (Å²) < 4.78 is 0. The van der Waals surface area contributed by atoms with Gasteiger partial charge in [-0.15, -0.1) is 0 Å². The maximum atomic E-state index is 10.4. The first-order valence-electron chi connectivity index (χ1n) is 4.83. The van der Waals surface area contributed by atoms with Gasteiger partial charge in [0.1, 0.15) is 6.04 Å². The van der Waals surface area contributed by atoms with E-state index in [2.05, 4.69) is 19.2 Å². The maximum absolute atomic E-state index is 10.4. The predicted octanol–water partition coefficient (Wildman–Crippen LogP) is 0.567. The van der Waals surface area contributed by atoms with E-state index in [4.69, 9.17) is 10.8 Å². The molecule has 0 aliphatic heterocycles. The van der Waals surface area contributed by atoms with Crippen LogP contribution in [-0.4, -0.2) is 29.7 Å². The summed E-state index contributed by atoms with van der Waals surface area (Å²) >= 11 is 0. The van der Waals surface area contributed by atoms with E-state index in [1.54, 1.807) is 0 Å². The minimum Gasteiger partial charge on any atom is -0.480 e. The predicted molar refractivity (Wildman–Crippen MR) is 52.6 cm³/mol. The van der Waals surface area contributed by atoms with Crippen molar-refractivity contribution in [2.24, 2.45) is 5.73 Å². The van der Waals surface area contributed by atoms with Gasteiger partial charge in [-0.05, 0) is 12.8 Å². The highest BCUT2D eigenvalue weighted by atomic mass is 16.4. The minimum atomic E-state index is -0.946. The second-order valence-corrected chi connectivity index (χ2v) is 3.25. The van der Waals surface area contributed by atoms with Gasteiger partial charge in [0.15, 0.2) is 0 Å². The van der Waals surface area contributed by atoms with E-state index in [1.165, 1.54) is 0 Å². The molecule has 0 radical (unpaired) electrons. The lowest BCUT2D eigenvalue weighted by molar-refractivity contribution is -0.138. The van der Waals surface area contributed by atoms with Crippen LogP contribution in [0, 0.1) is 0 Å². The van der Waals surface area contributed by atoms with Gasteiger partial charge in [0.25, 0.3) is 0 Å². The van der Waals surface area contributed by atoms with Crippen molar-refractivity contribution in [1.82, 2.24) is 5.32 Å². The molecule has 0 heterocycles. The van der Waals surface area contributed by atoms with Gasteiger partial charge in [0, 0.05) is 12.6 Å². The number of aliphatic carboxylic acids is 1. The number of carbonyl (C=O) groups is 1. The largest absolute Gasteiger partial charge is 0.480 e. The standard InChI is InChI=1S/C9H20N2O2/c1-3-5-7(4-2)11-6-8(10)9(12)13/h7-8,11H,3-6,10H2,1-2H3,(H,12,13). The highest BCUT2D eigenvalue weighted by Crippen LogP contribution is 2.00. The number of carboxylic acid groups (broad SMARTS) is 1. The van der Waals surface area contributed by atoms with Crippen molar-refractivity contribution in [3.63, 3.8) is 0 Å². The summed E-state index contributed by atoms with van der Waals surface area (Å²) in [5.41, 5.74) is 5.35. The number of carboxylic acids is 1. The van der Waals surface area contributed by atoms with Crippen LogP contribution in [0.5, 0.6) is 0 Å². The van der Waals surface area contributed by atoms with E-state index in [1.807, 2.05) is 0 Å². The number of hydrogen-bond acceptors (Lipinski definition) is 3. The fourth-order valence-corrected chi connectivity index (χ4v) is 1.18. The lowest BCUT2D eigenvalue weighted by atomic mass is 10.1. The molecule has 13 heavy (non-hydrogen) atoms. The number of hydrogen-bond donors (Lipinski definition) is 3. The fraction of sp³-hybridized carbons (Fsp3) is 0.889. The Morgan fingerprint density at radius 2 is 2.15 bits per heavy atom. The quantitative estimate of drug-likeness (QED) is 0.546. The van der Waals surface area contributed by atoms with Crippen molar-refractivity contribution in [2.75, 3.05) is 6.54 Å². The third-order valence-electron chi connectivity index (χ3n) is 2.07. The summed E-state index contributed by atoms with van der Waals surface area (Å²) in [7, 11) is 0. The Balaban J connectivity index is 3.64. The van der Waals surface area contributed by atoms with Crippen LogP contribution in [0.3, 0.4) is 0 Å². The molecule has 2 atom stereocenters. The lowest BCUT2D eigenvalue weighted by Gasteiger charge is -2.17. The Hall–Kier alpha value is -0.610. The maximum Gasteiger partial charge on any atom is 0.321 e. The Morgan fingerprint density at radius 1 is 1.54 bits per heavy atom. The molecule has 0 aromatic rings. The molecule has 0 spiro atoms. The van der Waals surface area contributed by atoms with Crippen molar-refractivity contribution < 1.29 is 9.90 Å². The third-order valence-corrected chi connectivity index (χ3v) is 2.07. The van der Waals surface area contributed by atoms with Gasteiger partial charge in [-0.2, -0.15) is 0 Å². The summed E-state index contributed by atoms with van der Waals surface area (Å²) in [6, 6.07) is -0.388. The summed E-state index contributed by atoms with van der Waals surface area (Å²) in [5, 5.41) is 11.7. The van der Waals surface area contributed by atoms with Gasteiger partial charge in [-0.1, -0.05) is 20.3 Å². The molecular weight excluding hydrogens is 168 g/mol. The molecule has 2 unspecified atom stereocenters. The summed E-state index contributed by atoms with van der Waals surface area (Å²) in [4.78, 5) is 10.4. The zero-order valence-corrected chi connectivity index (χ0v) is 8.42. The van der Waals surface area contributed by atoms with E-state index < -0.39 is 12.0 Å². The zero-order chi connectivity index (χ0) is 10.3. The topological polar surface area (TPSA) is 75.3 Å². The van der Waals surface area contributed by atoms with Crippen molar-refractivity contribution in [2.45, 2.75) is 45.2 Å². The van der Waals surface area contributed by atoms with Crippen LogP contribution in [0.2, 0.25) is 0 Å². The first-order valence-corrected chi connectivity index (χ1v) is 4.83. The summed E-state index contributed by atoms with van der Waals surface area (Å²) in [6.45, 7) is 4.55. The Bertz CT molecular complexity index is 151. The summed E-state index contributed by atoms with van der Waals surface area (Å²) in [6.07, 6.45) is 3.19. The fourth-order valence-electron chi connectivity index (χ4n) is 1.18. The van der Waals surface area contributed by atoms with E-state index in [-0.39, 0.29) is 0 Å². The molecular formula is C9H20N2O2. The molecule has 0 saturated heterocycles. The molecule has 0 saturated carbocycles. The van der Waals surface area contributed by atoms with E-state index in [0.29, 0.717) is 12.6 Å². The van der Waals surface area contributed by atoms with Crippen molar-refractivity contribution >= 4 is 5.97 Å². The minimum absolute atomic E-state index is 0.355. The van der Waals surface area contributed by atoms with Crippen molar-refractivity contribution in [1.29, 1.82) is 0 Å². The van der Waals surface area contributed by atoms with Crippen LogP contribution in [0.4, 0.5) is 0 Å². The highest BCUT2D eigenvalue weighted by Gasteiger charge is 2.12. The highest BCUT2D eigenvalue weighted by molar-refractivity contribution is 5.73. The lowest BCUT2D eigenvalue weighted by Crippen LogP contribution is -2.43. The average molecular weight is 188 g/mol. The molecule has 4 heteroatoms. The molecule has 78 valence electrons. The Labute approximate surface area is 79.5 Å². The van der Waals surface area contributed by atoms with E-state index in [0.717, 1.165) is 19.3 Å². The molecule has 4 nitrogen and oxygen atoms in total. The van der Waals surface area contributed by atoms with E-state index >= 15 is 0 Å². The van der Waals surface area contributed by atoms with Gasteiger partial charge < -0.3 is 16.2 Å². The summed E-state index contributed by atoms with van der Waals surface area (Å²) in [5.74, 6) is -0.946. The van der Waals surface area contributed by atoms with Gasteiger partial charge in [-0.3, -0.25) is 4.79 Å². The van der Waals surface area contributed by atoms with Crippen LogP contribution in [0.15, 0.2) is 0 Å². The monoisotopic (exact) mass is 188 g/mol. The van der Waals surface area contributed by atoms with Crippen LogP contribution >= 0.6 is 0 Å². The molecule has 0 amide bonds. The molecule has 0 aromatic carbocycles. The molecule has 4 N–H and O–H groups in total. The normalized spacial score (nSPS) is 15.3. The molecule has 0 aliphatic carbocycles. The number of nitrogens with one attached hydrogen (secondary N) is 1. The number of nitrogens with two attached hydrogens (primary N) is 1. The molecule has 0 aromatic heterocycles. The van der Waals surface area contributed by atoms with Gasteiger partial charge in [-0.25, -0.2) is 0 Å².